The van der Waals surface area contributed by atoms with Crippen molar-refractivity contribution >= 4 is 23.1 Å². The van der Waals surface area contributed by atoms with Crippen molar-refractivity contribution in [1.82, 2.24) is 4.98 Å². The molecule has 2 saturated carbocycles. The predicted molar refractivity (Wildman–Crippen MR) is 119 cm³/mol. The highest BCUT2D eigenvalue weighted by Crippen LogP contribution is 2.44. The van der Waals surface area contributed by atoms with Crippen molar-refractivity contribution in [2.24, 2.45) is 5.92 Å². The van der Waals surface area contributed by atoms with Crippen LogP contribution in [0.3, 0.4) is 0 Å². The predicted octanol–water partition coefficient (Wildman–Crippen LogP) is 6.26. The third kappa shape index (κ3) is 4.86. The Morgan fingerprint density at radius 3 is 2.60 bits per heavy atom. The molecular formula is C25H28ClNO3. The molecular weight excluding hydrogens is 398 g/mol. The molecule has 4 rings (SSSR count). The first-order chi connectivity index (χ1) is 14.5. The number of halogens is 1. The molecule has 0 bridgehead atoms. The van der Waals surface area contributed by atoms with Crippen LogP contribution in [0.4, 0.5) is 0 Å². The molecule has 0 spiro atoms. The quantitative estimate of drug-likeness (QED) is 0.542. The molecule has 0 saturated heterocycles. The summed E-state index contributed by atoms with van der Waals surface area (Å²) < 4.78 is 5.62. The highest BCUT2D eigenvalue weighted by molar-refractivity contribution is 6.31. The number of aryl methyl sites for hydroxylation is 1. The zero-order valence-corrected chi connectivity index (χ0v) is 18.1. The molecule has 0 aliphatic heterocycles. The number of benzene rings is 1. The van der Waals surface area contributed by atoms with Crippen LogP contribution in [0.15, 0.2) is 36.4 Å². The van der Waals surface area contributed by atoms with Crippen molar-refractivity contribution in [2.75, 3.05) is 7.11 Å². The second-order valence-corrected chi connectivity index (χ2v) is 8.80. The van der Waals surface area contributed by atoms with Gasteiger partial charge in [-0.3, -0.25) is 4.79 Å². The van der Waals surface area contributed by atoms with E-state index in [1.165, 1.54) is 44.1 Å². The Bertz CT molecular complexity index is 959. The highest BCUT2D eigenvalue weighted by atomic mass is 35.5. The Morgan fingerprint density at radius 1 is 1.20 bits per heavy atom. The Balaban J connectivity index is 1.70. The minimum absolute atomic E-state index is 0.0746. The van der Waals surface area contributed by atoms with Crippen LogP contribution >= 0.6 is 11.6 Å². The lowest BCUT2D eigenvalue weighted by atomic mass is 9.94. The summed E-state index contributed by atoms with van der Waals surface area (Å²) in [5.74, 6) is 1.02. The molecule has 0 radical (unpaired) electrons. The number of carboxylic acids is 1. The van der Waals surface area contributed by atoms with Gasteiger partial charge in [0.25, 0.3) is 0 Å². The summed E-state index contributed by atoms with van der Waals surface area (Å²) in [6.07, 6.45) is 10.2. The molecule has 30 heavy (non-hydrogen) atoms. The van der Waals surface area contributed by atoms with Gasteiger partial charge in [-0.25, -0.2) is 4.98 Å². The van der Waals surface area contributed by atoms with Crippen molar-refractivity contribution < 1.29 is 14.6 Å². The number of aliphatic carboxylic acids is 1. The van der Waals surface area contributed by atoms with Crippen molar-refractivity contribution in [3.05, 3.63) is 63.8 Å². The zero-order chi connectivity index (χ0) is 21.1. The van der Waals surface area contributed by atoms with Gasteiger partial charge >= 0.3 is 5.97 Å². The number of hydrogen-bond donors (Lipinski definition) is 1. The van der Waals surface area contributed by atoms with E-state index in [-0.39, 0.29) is 6.42 Å². The first kappa shape index (κ1) is 20.9. The summed E-state index contributed by atoms with van der Waals surface area (Å²) >= 11 is 6.53. The Morgan fingerprint density at radius 2 is 1.97 bits per heavy atom. The van der Waals surface area contributed by atoms with E-state index in [1.807, 2.05) is 18.2 Å². The smallest absolute Gasteiger partial charge is 0.303 e. The topological polar surface area (TPSA) is 59.4 Å². The number of carbonyl (C=O) groups is 1. The number of nitrogens with zero attached hydrogens (tertiary/aromatic N) is 1. The van der Waals surface area contributed by atoms with Gasteiger partial charge in [0.2, 0.25) is 5.88 Å². The van der Waals surface area contributed by atoms with Crippen LogP contribution < -0.4 is 4.74 Å². The number of hydrogen-bond acceptors (Lipinski definition) is 3. The largest absolute Gasteiger partial charge is 0.481 e. The van der Waals surface area contributed by atoms with E-state index in [4.69, 9.17) is 26.4 Å². The Labute approximate surface area is 182 Å². The van der Waals surface area contributed by atoms with Crippen LogP contribution in [0, 0.1) is 5.92 Å². The summed E-state index contributed by atoms with van der Waals surface area (Å²) in [6, 6.07) is 10.2. The molecule has 1 aromatic carbocycles. The maximum Gasteiger partial charge on any atom is 0.303 e. The number of carboxylic acid groups (broad SMARTS) is 1. The summed E-state index contributed by atoms with van der Waals surface area (Å²) in [7, 11) is 1.69. The van der Waals surface area contributed by atoms with Crippen molar-refractivity contribution in [2.45, 2.75) is 57.3 Å². The van der Waals surface area contributed by atoms with Crippen molar-refractivity contribution in [3.8, 4) is 5.88 Å². The first-order valence-corrected chi connectivity index (χ1v) is 11.2. The lowest BCUT2D eigenvalue weighted by Crippen LogP contribution is -2.02. The zero-order valence-electron chi connectivity index (χ0n) is 17.4. The third-order valence-electron chi connectivity index (χ3n) is 6.15. The van der Waals surface area contributed by atoms with Crippen LogP contribution in [-0.4, -0.2) is 23.2 Å². The third-order valence-corrected chi connectivity index (χ3v) is 6.50. The molecule has 0 atom stereocenters. The highest BCUT2D eigenvalue weighted by Gasteiger charge is 2.28. The minimum Gasteiger partial charge on any atom is -0.481 e. The number of pyridine rings is 1. The molecule has 0 unspecified atom stereocenters. The molecule has 1 aromatic heterocycles. The van der Waals surface area contributed by atoms with Gasteiger partial charge < -0.3 is 9.84 Å². The second kappa shape index (κ2) is 9.22. The van der Waals surface area contributed by atoms with Gasteiger partial charge in [-0.1, -0.05) is 48.7 Å². The number of ether oxygens (including phenoxy) is 1. The lowest BCUT2D eigenvalue weighted by Gasteiger charge is -2.15. The van der Waals surface area contributed by atoms with E-state index >= 15 is 0 Å². The summed E-state index contributed by atoms with van der Waals surface area (Å²) in [6.45, 7) is 0. The van der Waals surface area contributed by atoms with E-state index in [0.717, 1.165) is 28.3 Å². The molecule has 2 aromatic rings. The fourth-order valence-corrected chi connectivity index (χ4v) is 4.59. The average molecular weight is 426 g/mol. The monoisotopic (exact) mass is 425 g/mol. The van der Waals surface area contributed by atoms with Gasteiger partial charge in [-0.05, 0) is 67.2 Å². The molecule has 1 N–H and O–H groups in total. The first-order valence-electron chi connectivity index (χ1n) is 10.8. The fourth-order valence-electron chi connectivity index (χ4n) is 4.32. The summed E-state index contributed by atoms with van der Waals surface area (Å²) in [5.41, 5.74) is 5.05. The molecule has 2 aliphatic rings. The van der Waals surface area contributed by atoms with Gasteiger partial charge in [0, 0.05) is 22.6 Å². The molecule has 0 amide bonds. The maximum atomic E-state index is 10.9. The van der Waals surface area contributed by atoms with E-state index in [9.17, 15) is 4.79 Å². The lowest BCUT2D eigenvalue weighted by molar-refractivity contribution is -0.136. The van der Waals surface area contributed by atoms with Crippen molar-refractivity contribution in [1.29, 1.82) is 0 Å². The van der Waals surface area contributed by atoms with E-state index in [1.54, 1.807) is 7.11 Å². The summed E-state index contributed by atoms with van der Waals surface area (Å²) in [4.78, 5) is 15.8. The number of rotatable bonds is 8. The molecule has 5 heteroatoms. The molecule has 2 fully saturated rings. The number of methoxy groups -OCH3 is 1. The van der Waals surface area contributed by atoms with Gasteiger partial charge in [0.15, 0.2) is 0 Å². The second-order valence-electron chi connectivity index (χ2n) is 8.39. The van der Waals surface area contributed by atoms with Crippen LogP contribution in [0.25, 0.3) is 5.57 Å². The molecule has 4 nitrogen and oxygen atoms in total. The van der Waals surface area contributed by atoms with Crippen LogP contribution in [0.2, 0.25) is 5.02 Å². The van der Waals surface area contributed by atoms with Gasteiger partial charge in [0.05, 0.1) is 12.8 Å². The average Bonchev–Trinajstić information content (AvgIpc) is 3.46. The van der Waals surface area contributed by atoms with Crippen LogP contribution in [-0.2, 0) is 11.2 Å². The van der Waals surface area contributed by atoms with Crippen molar-refractivity contribution in [3.63, 3.8) is 0 Å². The number of aromatic nitrogens is 1. The van der Waals surface area contributed by atoms with Gasteiger partial charge in [-0.15, -0.1) is 0 Å². The van der Waals surface area contributed by atoms with E-state index < -0.39 is 5.97 Å². The van der Waals surface area contributed by atoms with E-state index in [0.29, 0.717) is 23.3 Å². The van der Waals surface area contributed by atoms with Crippen LogP contribution in [0.5, 0.6) is 5.88 Å². The fraction of sp³-hybridized carbons (Fsp3) is 0.440. The van der Waals surface area contributed by atoms with Gasteiger partial charge in [-0.2, -0.15) is 0 Å². The van der Waals surface area contributed by atoms with Gasteiger partial charge in [0.1, 0.15) is 0 Å². The number of allylic oxidation sites excluding steroid dienone is 1. The maximum absolute atomic E-state index is 10.9. The van der Waals surface area contributed by atoms with Crippen LogP contribution in [0.1, 0.15) is 73.2 Å². The molecule has 1 heterocycles. The SMILES string of the molecule is COc1nc(/C(=C/C2CCCC2)c2ccc(CCC(=O)O)c(Cl)c2)ccc1C1CC1. The molecule has 2 aliphatic carbocycles. The molecule has 158 valence electrons. The minimum atomic E-state index is -0.816. The Kier molecular flexibility index (Phi) is 6.43. The Hall–Kier alpha value is -2.33. The standard InChI is InChI=1S/C25H28ClNO3/c1-30-25-20(17-6-7-17)11-12-23(27-25)21(14-16-4-2-3-5-16)19-9-8-18(22(26)15-19)10-13-24(28)29/h8-9,11-12,14-17H,2-7,10,13H2,1H3,(H,28,29)/b21-14+. The van der Waals surface area contributed by atoms with E-state index in [2.05, 4.69) is 18.2 Å². The normalized spacial score (nSPS) is 17.3. The summed E-state index contributed by atoms with van der Waals surface area (Å²) in [5, 5.41) is 9.56.